The van der Waals surface area contributed by atoms with Crippen LogP contribution in [0.5, 0.6) is 5.75 Å². The van der Waals surface area contributed by atoms with Crippen LogP contribution in [-0.2, 0) is 16.1 Å². The zero-order valence-electron chi connectivity index (χ0n) is 18.2. The van der Waals surface area contributed by atoms with Crippen LogP contribution >= 0.6 is 0 Å². The van der Waals surface area contributed by atoms with E-state index in [0.29, 0.717) is 13.2 Å². The van der Waals surface area contributed by atoms with E-state index in [1.54, 1.807) is 13.1 Å². The Balaban J connectivity index is 1.85. The van der Waals surface area contributed by atoms with E-state index in [1.807, 2.05) is 74.3 Å². The Morgan fingerprint density at radius 2 is 1.73 bits per heavy atom. The highest BCUT2D eigenvalue weighted by Gasteiger charge is 2.23. The van der Waals surface area contributed by atoms with E-state index in [-0.39, 0.29) is 24.4 Å². The number of likely N-dealkylation sites (N-methyl/N-ethyl adjacent to an activating group) is 2. The van der Waals surface area contributed by atoms with Gasteiger partial charge in [-0.1, -0.05) is 42.5 Å². The first-order valence-corrected chi connectivity index (χ1v) is 9.94. The molecule has 0 spiro atoms. The molecule has 6 heteroatoms. The zero-order valence-corrected chi connectivity index (χ0v) is 18.2. The molecule has 1 atom stereocenters. The van der Waals surface area contributed by atoms with Crippen molar-refractivity contribution in [3.8, 4) is 5.75 Å². The van der Waals surface area contributed by atoms with Crippen LogP contribution in [0.1, 0.15) is 18.1 Å². The van der Waals surface area contributed by atoms with Gasteiger partial charge < -0.3 is 15.0 Å². The third-order valence-electron chi connectivity index (χ3n) is 4.83. The Hall–Kier alpha value is -3.12. The summed E-state index contributed by atoms with van der Waals surface area (Å²) in [7, 11) is 3.54. The van der Waals surface area contributed by atoms with Crippen LogP contribution < -0.4 is 10.1 Å². The molecule has 0 aliphatic rings. The quantitative estimate of drug-likeness (QED) is 0.611. The lowest BCUT2D eigenvalue weighted by Gasteiger charge is -2.28. The lowest BCUT2D eigenvalue weighted by molar-refractivity contribution is -0.137. The largest absolute Gasteiger partial charge is 0.490 e. The molecule has 0 bridgehead atoms. The minimum Gasteiger partial charge on any atom is -0.490 e. The van der Waals surface area contributed by atoms with Crippen LogP contribution in [0.2, 0.25) is 0 Å². The molecule has 6 nitrogen and oxygen atoms in total. The highest BCUT2D eigenvalue weighted by molar-refractivity contribution is 5.95. The van der Waals surface area contributed by atoms with Gasteiger partial charge in [0.1, 0.15) is 12.4 Å². The fraction of sp³-hybridized carbons (Fsp3) is 0.333. The molecule has 0 saturated carbocycles. The molecule has 0 aliphatic heterocycles. The first-order chi connectivity index (χ1) is 14.3. The van der Waals surface area contributed by atoms with Crippen LogP contribution in [0, 0.1) is 6.92 Å². The van der Waals surface area contributed by atoms with E-state index in [0.717, 1.165) is 22.6 Å². The maximum atomic E-state index is 12.8. The van der Waals surface area contributed by atoms with E-state index in [9.17, 15) is 9.59 Å². The minimum atomic E-state index is -0.362. The van der Waals surface area contributed by atoms with Gasteiger partial charge >= 0.3 is 0 Å². The van der Waals surface area contributed by atoms with Gasteiger partial charge in [-0.3, -0.25) is 14.5 Å². The number of rotatable bonds is 10. The van der Waals surface area contributed by atoms with Crippen molar-refractivity contribution in [3.05, 3.63) is 72.3 Å². The summed E-state index contributed by atoms with van der Waals surface area (Å²) in [5.74, 6) is 0.451. The van der Waals surface area contributed by atoms with Crippen molar-refractivity contribution in [1.82, 2.24) is 9.80 Å². The molecule has 0 saturated heterocycles. The van der Waals surface area contributed by atoms with Gasteiger partial charge in [-0.15, -0.1) is 0 Å². The molecule has 0 radical (unpaired) electrons. The molecule has 30 heavy (non-hydrogen) atoms. The normalized spacial score (nSPS) is 11.6. The third-order valence-corrected chi connectivity index (χ3v) is 4.83. The van der Waals surface area contributed by atoms with Crippen molar-refractivity contribution in [3.63, 3.8) is 0 Å². The number of benzene rings is 2. The molecule has 0 aliphatic carbocycles. The van der Waals surface area contributed by atoms with Gasteiger partial charge in [-0.05, 0) is 50.7 Å². The highest BCUT2D eigenvalue weighted by Crippen LogP contribution is 2.15. The van der Waals surface area contributed by atoms with Gasteiger partial charge in [0.2, 0.25) is 11.8 Å². The summed E-state index contributed by atoms with van der Waals surface area (Å²) in [6.45, 7) is 8.54. The molecule has 0 fully saturated rings. The molecule has 0 heterocycles. The summed E-state index contributed by atoms with van der Waals surface area (Å²) in [4.78, 5) is 28.4. The Morgan fingerprint density at radius 1 is 1.10 bits per heavy atom. The SMILES string of the molecule is C=CCOc1ccc(CN(C)[C@@H](C)C(=O)N(C)CC(=O)Nc2ccc(C)cc2)cc1. The van der Waals surface area contributed by atoms with E-state index in [2.05, 4.69) is 11.9 Å². The van der Waals surface area contributed by atoms with Crippen molar-refractivity contribution >= 4 is 17.5 Å². The highest BCUT2D eigenvalue weighted by atomic mass is 16.5. The van der Waals surface area contributed by atoms with Gasteiger partial charge in [0, 0.05) is 19.3 Å². The number of nitrogens with one attached hydrogen (secondary N) is 1. The van der Waals surface area contributed by atoms with Crippen LogP contribution in [-0.4, -0.2) is 54.9 Å². The van der Waals surface area contributed by atoms with Gasteiger partial charge in [0.25, 0.3) is 0 Å². The second kappa shape index (κ2) is 11.2. The maximum Gasteiger partial charge on any atom is 0.243 e. The number of nitrogens with zero attached hydrogens (tertiary/aromatic N) is 2. The molecular formula is C24H31N3O3. The molecule has 0 unspecified atom stereocenters. The molecule has 2 rings (SSSR count). The number of carbonyl (C=O) groups is 2. The van der Waals surface area contributed by atoms with E-state index in [1.165, 1.54) is 4.90 Å². The lowest BCUT2D eigenvalue weighted by atomic mass is 10.1. The van der Waals surface area contributed by atoms with E-state index in [4.69, 9.17) is 4.74 Å². The number of hydrogen-bond donors (Lipinski definition) is 1. The molecule has 0 aromatic heterocycles. The van der Waals surface area contributed by atoms with Crippen LogP contribution in [0.15, 0.2) is 61.2 Å². The van der Waals surface area contributed by atoms with Gasteiger partial charge in [-0.25, -0.2) is 0 Å². The second-order valence-electron chi connectivity index (χ2n) is 7.44. The van der Waals surface area contributed by atoms with Gasteiger partial charge in [-0.2, -0.15) is 0 Å². The summed E-state index contributed by atoms with van der Waals surface area (Å²) in [6, 6.07) is 15.0. The summed E-state index contributed by atoms with van der Waals surface area (Å²) in [6.07, 6.45) is 1.70. The smallest absolute Gasteiger partial charge is 0.243 e. The average molecular weight is 410 g/mol. The minimum absolute atomic E-state index is 0.000227. The number of aryl methyl sites for hydroxylation is 1. The van der Waals surface area contributed by atoms with Crippen LogP contribution in [0.4, 0.5) is 5.69 Å². The summed E-state index contributed by atoms with van der Waals surface area (Å²) in [5.41, 5.74) is 2.91. The number of carbonyl (C=O) groups excluding carboxylic acids is 2. The standard InChI is InChI=1S/C24H31N3O3/c1-6-15-30-22-13-9-20(10-14-22)16-26(4)19(3)24(29)27(5)17-23(28)25-21-11-7-18(2)8-12-21/h6-14,19H,1,15-17H2,2-5H3,(H,25,28)/t19-/m0/s1. The van der Waals surface area contributed by atoms with Crippen molar-refractivity contribution in [1.29, 1.82) is 0 Å². The topological polar surface area (TPSA) is 61.9 Å². The summed E-state index contributed by atoms with van der Waals surface area (Å²) >= 11 is 0. The van der Waals surface area contributed by atoms with Gasteiger partial charge in [0.05, 0.1) is 12.6 Å². The van der Waals surface area contributed by atoms with E-state index >= 15 is 0 Å². The zero-order chi connectivity index (χ0) is 22.1. The fourth-order valence-corrected chi connectivity index (χ4v) is 2.91. The first kappa shape index (κ1) is 23.2. The second-order valence-corrected chi connectivity index (χ2v) is 7.44. The molecule has 160 valence electrons. The fourth-order valence-electron chi connectivity index (χ4n) is 2.91. The predicted molar refractivity (Wildman–Crippen MR) is 121 cm³/mol. The average Bonchev–Trinajstić information content (AvgIpc) is 2.73. The summed E-state index contributed by atoms with van der Waals surface area (Å²) < 4.78 is 5.49. The van der Waals surface area contributed by atoms with E-state index < -0.39 is 0 Å². The van der Waals surface area contributed by atoms with Crippen LogP contribution in [0.25, 0.3) is 0 Å². The van der Waals surface area contributed by atoms with Crippen molar-refractivity contribution in [2.45, 2.75) is 26.4 Å². The predicted octanol–water partition coefficient (Wildman–Crippen LogP) is 3.48. The van der Waals surface area contributed by atoms with Gasteiger partial charge in [0.15, 0.2) is 0 Å². The van der Waals surface area contributed by atoms with Crippen molar-refractivity contribution in [2.24, 2.45) is 0 Å². The Labute approximate surface area is 179 Å². The molecule has 2 aromatic carbocycles. The molecule has 2 aromatic rings. The third kappa shape index (κ3) is 7.04. The maximum absolute atomic E-state index is 12.8. The Bertz CT molecular complexity index is 847. The van der Waals surface area contributed by atoms with Crippen molar-refractivity contribution in [2.75, 3.05) is 32.6 Å². The van der Waals surface area contributed by atoms with Crippen LogP contribution in [0.3, 0.4) is 0 Å². The first-order valence-electron chi connectivity index (χ1n) is 9.94. The Kier molecular flexibility index (Phi) is 8.62. The monoisotopic (exact) mass is 409 g/mol. The number of amides is 2. The lowest BCUT2D eigenvalue weighted by Crippen LogP contribution is -2.46. The molecule has 1 N–H and O–H groups in total. The van der Waals surface area contributed by atoms with Crippen molar-refractivity contribution < 1.29 is 14.3 Å². The number of ether oxygens (including phenoxy) is 1. The summed E-state index contributed by atoms with van der Waals surface area (Å²) in [5, 5.41) is 2.82. The molecule has 2 amide bonds. The number of anilines is 1. The molecular weight excluding hydrogens is 378 g/mol. The number of hydrogen-bond acceptors (Lipinski definition) is 4. The Morgan fingerprint density at radius 3 is 2.33 bits per heavy atom.